The fourth-order valence-corrected chi connectivity index (χ4v) is 5.32. The van der Waals surface area contributed by atoms with Gasteiger partial charge in [-0.2, -0.15) is 0 Å². The van der Waals surface area contributed by atoms with Crippen LogP contribution in [0.15, 0.2) is 42.5 Å². The molecule has 0 radical (unpaired) electrons. The SMILES string of the molecule is Cl.Cl.OC1(CC(c2ccccc2-c2ccc3c(c2)OCO3)N2CCNCC2)CCCCC1. The maximum absolute atomic E-state index is 11.4. The van der Waals surface area contributed by atoms with Crippen LogP contribution in [0.5, 0.6) is 11.5 Å². The van der Waals surface area contributed by atoms with Gasteiger partial charge >= 0.3 is 0 Å². The van der Waals surface area contributed by atoms with Crippen molar-refractivity contribution in [1.82, 2.24) is 10.2 Å². The zero-order valence-corrected chi connectivity index (χ0v) is 20.1. The van der Waals surface area contributed by atoms with Crippen molar-refractivity contribution in [2.45, 2.75) is 50.2 Å². The van der Waals surface area contributed by atoms with Gasteiger partial charge in [0.2, 0.25) is 6.79 Å². The zero-order chi connectivity index (χ0) is 20.4. The summed E-state index contributed by atoms with van der Waals surface area (Å²) in [4.78, 5) is 2.56. The Bertz CT molecular complexity index is 883. The normalized spacial score (nSPS) is 20.7. The lowest BCUT2D eigenvalue weighted by atomic mass is 9.78. The molecule has 2 fully saturated rings. The van der Waals surface area contributed by atoms with Crippen molar-refractivity contribution >= 4 is 24.8 Å². The van der Waals surface area contributed by atoms with E-state index >= 15 is 0 Å². The lowest BCUT2D eigenvalue weighted by Gasteiger charge is -2.42. The number of piperazine rings is 1. The first-order chi connectivity index (χ1) is 14.7. The first-order valence-corrected chi connectivity index (χ1v) is 11.4. The molecular weight excluding hydrogens is 447 g/mol. The number of nitrogens with zero attached hydrogens (tertiary/aromatic N) is 1. The van der Waals surface area contributed by atoms with Crippen LogP contribution in [0.4, 0.5) is 0 Å². The number of fused-ring (bicyclic) bond motifs is 1. The Hall–Kier alpha value is -1.50. The van der Waals surface area contributed by atoms with Gasteiger partial charge in [-0.05, 0) is 48.1 Å². The quantitative estimate of drug-likeness (QED) is 0.633. The first-order valence-electron chi connectivity index (χ1n) is 11.4. The Morgan fingerprint density at radius 2 is 1.66 bits per heavy atom. The summed E-state index contributed by atoms with van der Waals surface area (Å²) in [6.45, 7) is 4.31. The second kappa shape index (κ2) is 11.1. The number of ether oxygens (including phenoxy) is 2. The van der Waals surface area contributed by atoms with Gasteiger partial charge < -0.3 is 19.9 Å². The highest BCUT2D eigenvalue weighted by Crippen LogP contribution is 2.43. The lowest BCUT2D eigenvalue weighted by Crippen LogP contribution is -2.47. The van der Waals surface area contributed by atoms with Gasteiger partial charge in [0.05, 0.1) is 5.60 Å². The van der Waals surface area contributed by atoms with Gasteiger partial charge in [0.25, 0.3) is 0 Å². The Morgan fingerprint density at radius 3 is 2.44 bits per heavy atom. The maximum atomic E-state index is 11.4. The van der Waals surface area contributed by atoms with Gasteiger partial charge in [0, 0.05) is 32.2 Å². The fraction of sp³-hybridized carbons (Fsp3) is 0.520. The number of nitrogens with one attached hydrogen (secondary N) is 1. The van der Waals surface area contributed by atoms with E-state index in [0.717, 1.165) is 75.3 Å². The molecule has 32 heavy (non-hydrogen) atoms. The van der Waals surface area contributed by atoms with E-state index in [1.54, 1.807) is 0 Å². The topological polar surface area (TPSA) is 54.0 Å². The second-order valence-corrected chi connectivity index (χ2v) is 8.95. The molecule has 0 aromatic heterocycles. The minimum absolute atomic E-state index is 0. The average molecular weight is 481 g/mol. The van der Waals surface area contributed by atoms with Crippen LogP contribution < -0.4 is 14.8 Å². The van der Waals surface area contributed by atoms with Crippen LogP contribution >= 0.6 is 24.8 Å². The number of rotatable bonds is 5. The molecule has 176 valence electrons. The largest absolute Gasteiger partial charge is 0.454 e. The van der Waals surface area contributed by atoms with Crippen molar-refractivity contribution in [2.75, 3.05) is 33.0 Å². The smallest absolute Gasteiger partial charge is 0.231 e. The molecule has 1 saturated carbocycles. The highest BCUT2D eigenvalue weighted by molar-refractivity contribution is 5.85. The molecule has 2 aromatic carbocycles. The lowest BCUT2D eigenvalue weighted by molar-refractivity contribution is -0.0295. The third-order valence-electron chi connectivity index (χ3n) is 6.95. The summed E-state index contributed by atoms with van der Waals surface area (Å²) in [5.74, 6) is 1.62. The molecule has 5 rings (SSSR count). The van der Waals surface area contributed by atoms with Crippen molar-refractivity contribution in [3.63, 3.8) is 0 Å². The van der Waals surface area contributed by atoms with Gasteiger partial charge in [-0.15, -0.1) is 24.8 Å². The summed E-state index contributed by atoms with van der Waals surface area (Å²) in [5, 5.41) is 14.9. The highest BCUT2D eigenvalue weighted by Gasteiger charge is 2.36. The Balaban J connectivity index is 0.00000144. The average Bonchev–Trinajstić information content (AvgIpc) is 3.27. The van der Waals surface area contributed by atoms with E-state index in [1.807, 2.05) is 6.07 Å². The number of hydrogen-bond donors (Lipinski definition) is 2. The standard InChI is InChI=1S/C25H32N2O3.2ClH/c28-25(10-4-1-5-11-25)17-22(27-14-12-26-13-15-27)21-7-3-2-6-20(21)19-8-9-23-24(16-19)30-18-29-23;;/h2-3,6-9,16,22,26,28H,1,4-5,10-15,17-18H2;2*1H. The monoisotopic (exact) mass is 480 g/mol. The molecule has 1 saturated heterocycles. The van der Waals surface area contributed by atoms with E-state index in [2.05, 4.69) is 46.6 Å². The number of benzene rings is 2. The minimum Gasteiger partial charge on any atom is -0.454 e. The van der Waals surface area contributed by atoms with Crippen molar-refractivity contribution in [1.29, 1.82) is 0 Å². The molecule has 3 aliphatic rings. The molecule has 0 bridgehead atoms. The molecule has 0 spiro atoms. The van der Waals surface area contributed by atoms with E-state index in [4.69, 9.17) is 9.47 Å². The van der Waals surface area contributed by atoms with Gasteiger partial charge in [0.1, 0.15) is 0 Å². The summed E-state index contributed by atoms with van der Waals surface area (Å²) in [5.41, 5.74) is 3.11. The van der Waals surface area contributed by atoms with Crippen LogP contribution in [0.25, 0.3) is 11.1 Å². The Morgan fingerprint density at radius 1 is 0.938 bits per heavy atom. The minimum atomic E-state index is -0.560. The highest BCUT2D eigenvalue weighted by atomic mass is 35.5. The van der Waals surface area contributed by atoms with Crippen LogP contribution in [0.2, 0.25) is 0 Å². The van der Waals surface area contributed by atoms with Gasteiger partial charge in [-0.3, -0.25) is 4.90 Å². The van der Waals surface area contributed by atoms with E-state index in [9.17, 15) is 5.11 Å². The van der Waals surface area contributed by atoms with Crippen LogP contribution in [0, 0.1) is 0 Å². The molecule has 1 atom stereocenters. The molecule has 2 aliphatic heterocycles. The fourth-order valence-electron chi connectivity index (χ4n) is 5.32. The molecule has 2 N–H and O–H groups in total. The van der Waals surface area contributed by atoms with E-state index in [-0.39, 0.29) is 37.6 Å². The summed E-state index contributed by atoms with van der Waals surface area (Å²) in [6.07, 6.45) is 6.15. The predicted octanol–water partition coefficient (Wildman–Crippen LogP) is 4.96. The van der Waals surface area contributed by atoms with Gasteiger partial charge in [0.15, 0.2) is 11.5 Å². The molecule has 5 nitrogen and oxygen atoms in total. The van der Waals surface area contributed by atoms with Crippen molar-refractivity contribution in [2.24, 2.45) is 0 Å². The molecule has 1 aliphatic carbocycles. The van der Waals surface area contributed by atoms with Crippen LogP contribution in [0.1, 0.15) is 50.1 Å². The predicted molar refractivity (Wildman–Crippen MR) is 132 cm³/mol. The molecule has 2 heterocycles. The van der Waals surface area contributed by atoms with Crippen LogP contribution in [-0.2, 0) is 0 Å². The molecular formula is C25H34Cl2N2O3. The maximum Gasteiger partial charge on any atom is 0.231 e. The van der Waals surface area contributed by atoms with Crippen LogP contribution in [-0.4, -0.2) is 48.6 Å². The summed E-state index contributed by atoms with van der Waals surface area (Å²) in [7, 11) is 0. The molecule has 0 amide bonds. The van der Waals surface area contributed by atoms with Gasteiger partial charge in [-0.25, -0.2) is 0 Å². The van der Waals surface area contributed by atoms with E-state index in [1.165, 1.54) is 17.5 Å². The van der Waals surface area contributed by atoms with Crippen LogP contribution in [0.3, 0.4) is 0 Å². The summed E-state index contributed by atoms with van der Waals surface area (Å²) < 4.78 is 11.1. The Labute approximate surface area is 203 Å². The molecule has 1 unspecified atom stereocenters. The third-order valence-corrected chi connectivity index (χ3v) is 6.95. The van der Waals surface area contributed by atoms with Crippen molar-refractivity contribution in [3.8, 4) is 22.6 Å². The Kier molecular flexibility index (Phi) is 8.70. The first kappa shape index (κ1) is 25.1. The van der Waals surface area contributed by atoms with E-state index in [0.29, 0.717) is 0 Å². The molecule has 2 aromatic rings. The second-order valence-electron chi connectivity index (χ2n) is 8.95. The van der Waals surface area contributed by atoms with E-state index < -0.39 is 5.60 Å². The van der Waals surface area contributed by atoms with Gasteiger partial charge in [-0.1, -0.05) is 49.6 Å². The molecule has 7 heteroatoms. The summed E-state index contributed by atoms with van der Waals surface area (Å²) in [6, 6.07) is 15.1. The number of hydrogen-bond acceptors (Lipinski definition) is 5. The van der Waals surface area contributed by atoms with Crippen molar-refractivity contribution in [3.05, 3.63) is 48.0 Å². The van der Waals surface area contributed by atoms with Crippen molar-refractivity contribution < 1.29 is 14.6 Å². The summed E-state index contributed by atoms with van der Waals surface area (Å²) >= 11 is 0. The number of halogens is 2. The number of aliphatic hydroxyl groups is 1. The zero-order valence-electron chi connectivity index (χ0n) is 18.4. The third kappa shape index (κ3) is 5.35.